The Balaban J connectivity index is 2.42. The normalized spacial score (nSPS) is 10.9. The van der Waals surface area contributed by atoms with Gasteiger partial charge in [-0.15, -0.1) is 0 Å². The fraction of sp³-hybridized carbons (Fsp3) is 0.467. The molecule has 0 fully saturated rings. The van der Waals surface area contributed by atoms with Gasteiger partial charge in [-0.1, -0.05) is 0 Å². The molecule has 0 heterocycles. The summed E-state index contributed by atoms with van der Waals surface area (Å²) >= 11 is 3.19. The molecular weight excluding hydrogens is 322 g/mol. The van der Waals surface area contributed by atoms with E-state index in [0.717, 1.165) is 19.3 Å². The first-order valence-electron chi connectivity index (χ1n) is 6.42. The molecule has 0 unspecified atom stereocenters. The maximum absolute atomic E-state index is 11.0. The lowest BCUT2D eigenvalue weighted by Gasteiger charge is -2.14. The highest BCUT2D eigenvalue weighted by atomic mass is 79.9. The first-order valence-corrected chi connectivity index (χ1v) is 7.22. The number of aromatic carboxylic acids is 1. The minimum atomic E-state index is -0.988. The molecule has 1 aromatic rings. The number of rotatable bonds is 7. The zero-order valence-corrected chi connectivity index (χ0v) is 13.2. The van der Waals surface area contributed by atoms with Gasteiger partial charge in [0.2, 0.25) is 0 Å². The van der Waals surface area contributed by atoms with Crippen molar-refractivity contribution in [3.8, 4) is 11.8 Å². The van der Waals surface area contributed by atoms with E-state index in [2.05, 4.69) is 22.0 Å². The Morgan fingerprint density at radius 3 is 2.75 bits per heavy atom. The third kappa shape index (κ3) is 5.22. The number of hydrogen-bond donors (Lipinski definition) is 1. The van der Waals surface area contributed by atoms with Crippen LogP contribution in [0, 0.1) is 16.7 Å². The van der Waals surface area contributed by atoms with Crippen molar-refractivity contribution in [1.82, 2.24) is 0 Å². The van der Waals surface area contributed by atoms with Gasteiger partial charge in [0.1, 0.15) is 5.75 Å². The molecule has 20 heavy (non-hydrogen) atoms. The van der Waals surface area contributed by atoms with Gasteiger partial charge in [0.15, 0.2) is 0 Å². The molecule has 108 valence electrons. The van der Waals surface area contributed by atoms with Crippen LogP contribution in [-0.2, 0) is 0 Å². The van der Waals surface area contributed by atoms with Gasteiger partial charge in [-0.25, -0.2) is 4.79 Å². The number of carboxylic acids is 1. The van der Waals surface area contributed by atoms with E-state index in [9.17, 15) is 4.79 Å². The van der Waals surface area contributed by atoms with Gasteiger partial charge in [0.05, 0.1) is 23.7 Å². The minimum absolute atomic E-state index is 0.188. The second kappa shape index (κ2) is 7.30. The lowest BCUT2D eigenvalue weighted by atomic mass is 9.89. The topological polar surface area (TPSA) is 70.3 Å². The highest BCUT2D eigenvalue weighted by molar-refractivity contribution is 9.10. The van der Waals surface area contributed by atoms with Gasteiger partial charge in [0.25, 0.3) is 0 Å². The van der Waals surface area contributed by atoms with Crippen LogP contribution < -0.4 is 4.74 Å². The zero-order chi connectivity index (χ0) is 15.2. The Labute approximate surface area is 127 Å². The molecule has 0 aliphatic rings. The first-order chi connectivity index (χ1) is 9.35. The Kier molecular flexibility index (Phi) is 6.03. The monoisotopic (exact) mass is 339 g/mol. The molecule has 0 spiro atoms. The average molecular weight is 340 g/mol. The second-order valence-corrected chi connectivity index (χ2v) is 6.10. The van der Waals surface area contributed by atoms with Gasteiger partial charge >= 0.3 is 5.97 Å². The third-order valence-corrected chi connectivity index (χ3v) is 3.63. The number of hydrogen-bond acceptors (Lipinski definition) is 3. The molecular formula is C15H18BrNO3. The van der Waals surface area contributed by atoms with E-state index in [1.54, 1.807) is 12.1 Å². The number of carboxylic acid groups (broad SMARTS) is 1. The summed E-state index contributed by atoms with van der Waals surface area (Å²) in [6.45, 7) is 4.35. The number of halogens is 1. The van der Waals surface area contributed by atoms with Crippen molar-refractivity contribution in [2.24, 2.45) is 5.41 Å². The molecule has 0 bridgehead atoms. The lowest BCUT2D eigenvalue weighted by molar-refractivity contribution is 0.0695. The van der Waals surface area contributed by atoms with Crippen molar-refractivity contribution in [1.29, 1.82) is 5.26 Å². The van der Waals surface area contributed by atoms with E-state index < -0.39 is 5.97 Å². The summed E-state index contributed by atoms with van der Waals surface area (Å²) in [4.78, 5) is 11.0. The van der Waals surface area contributed by atoms with Crippen LogP contribution in [0.25, 0.3) is 0 Å². The average Bonchev–Trinajstić information content (AvgIpc) is 2.39. The zero-order valence-electron chi connectivity index (χ0n) is 11.6. The number of nitrogens with zero attached hydrogens (tertiary/aromatic N) is 1. The summed E-state index contributed by atoms with van der Waals surface area (Å²) in [6.07, 6.45) is 2.57. The van der Waals surface area contributed by atoms with Gasteiger partial charge in [-0.3, -0.25) is 0 Å². The van der Waals surface area contributed by atoms with E-state index in [-0.39, 0.29) is 11.0 Å². The number of nitriles is 1. The summed E-state index contributed by atoms with van der Waals surface area (Å²) in [5, 5.41) is 17.9. The van der Waals surface area contributed by atoms with Crippen LogP contribution in [-0.4, -0.2) is 17.7 Å². The molecule has 0 atom stereocenters. The largest absolute Gasteiger partial charge is 0.494 e. The second-order valence-electron chi connectivity index (χ2n) is 5.25. The van der Waals surface area contributed by atoms with Crippen molar-refractivity contribution in [2.45, 2.75) is 33.1 Å². The molecule has 4 nitrogen and oxygen atoms in total. The van der Waals surface area contributed by atoms with Crippen LogP contribution in [0.1, 0.15) is 43.5 Å². The molecule has 0 saturated carbocycles. The fourth-order valence-corrected chi connectivity index (χ4v) is 2.09. The maximum atomic E-state index is 11.0. The van der Waals surface area contributed by atoms with Gasteiger partial charge in [-0.05, 0) is 67.2 Å². The van der Waals surface area contributed by atoms with E-state index in [0.29, 0.717) is 16.8 Å². The van der Waals surface area contributed by atoms with E-state index in [1.807, 2.05) is 13.8 Å². The minimum Gasteiger partial charge on any atom is -0.494 e. The summed E-state index contributed by atoms with van der Waals surface area (Å²) in [7, 11) is 0. The van der Waals surface area contributed by atoms with Crippen LogP contribution in [0.2, 0.25) is 0 Å². The van der Waals surface area contributed by atoms with Gasteiger partial charge in [0, 0.05) is 4.47 Å². The van der Waals surface area contributed by atoms with Crippen molar-refractivity contribution < 1.29 is 14.6 Å². The Bertz CT molecular complexity index is 520. The first kappa shape index (κ1) is 16.5. The summed E-state index contributed by atoms with van der Waals surface area (Å²) in [5.74, 6) is -0.441. The number of unbranched alkanes of at least 4 members (excludes halogenated alkanes) is 1. The summed E-state index contributed by atoms with van der Waals surface area (Å²) in [6, 6.07) is 7.17. The molecule has 0 saturated heterocycles. The number of carbonyl (C=O) groups is 1. The SMILES string of the molecule is CC(C)(C#N)CCCCOc1ccc(Br)c(C(=O)O)c1. The molecule has 1 aromatic carbocycles. The Morgan fingerprint density at radius 2 is 2.15 bits per heavy atom. The number of benzene rings is 1. The van der Waals surface area contributed by atoms with E-state index in [1.165, 1.54) is 6.07 Å². The molecule has 1 rings (SSSR count). The van der Waals surface area contributed by atoms with Crippen LogP contribution in [0.3, 0.4) is 0 Å². The third-order valence-electron chi connectivity index (χ3n) is 2.94. The van der Waals surface area contributed by atoms with Crippen molar-refractivity contribution >= 4 is 21.9 Å². The Morgan fingerprint density at radius 1 is 1.45 bits per heavy atom. The molecule has 0 aromatic heterocycles. The van der Waals surface area contributed by atoms with Crippen LogP contribution in [0.4, 0.5) is 0 Å². The molecule has 5 heteroatoms. The lowest BCUT2D eigenvalue weighted by Crippen LogP contribution is -2.08. The molecule has 0 aliphatic carbocycles. The predicted octanol–water partition coefficient (Wildman–Crippen LogP) is 4.25. The maximum Gasteiger partial charge on any atom is 0.336 e. The van der Waals surface area contributed by atoms with Crippen LogP contribution >= 0.6 is 15.9 Å². The standard InChI is InChI=1S/C15H18BrNO3/c1-15(2,10-17)7-3-4-8-20-11-5-6-13(16)12(9-11)14(18)19/h5-6,9H,3-4,7-8H2,1-2H3,(H,18,19). The van der Waals surface area contributed by atoms with Crippen LogP contribution in [0.15, 0.2) is 22.7 Å². The van der Waals surface area contributed by atoms with Gasteiger partial charge in [-0.2, -0.15) is 5.26 Å². The smallest absolute Gasteiger partial charge is 0.336 e. The molecule has 0 amide bonds. The van der Waals surface area contributed by atoms with Crippen molar-refractivity contribution in [3.05, 3.63) is 28.2 Å². The van der Waals surface area contributed by atoms with Crippen molar-refractivity contribution in [2.75, 3.05) is 6.61 Å². The van der Waals surface area contributed by atoms with E-state index >= 15 is 0 Å². The Hall–Kier alpha value is -1.54. The van der Waals surface area contributed by atoms with Crippen molar-refractivity contribution in [3.63, 3.8) is 0 Å². The fourth-order valence-electron chi connectivity index (χ4n) is 1.67. The van der Waals surface area contributed by atoms with Crippen LogP contribution in [0.5, 0.6) is 5.75 Å². The predicted molar refractivity (Wildman–Crippen MR) is 79.8 cm³/mol. The highest BCUT2D eigenvalue weighted by Crippen LogP contribution is 2.24. The quantitative estimate of drug-likeness (QED) is 0.754. The molecule has 1 N–H and O–H groups in total. The van der Waals surface area contributed by atoms with Gasteiger partial charge < -0.3 is 9.84 Å². The molecule has 0 radical (unpaired) electrons. The summed E-state index contributed by atoms with van der Waals surface area (Å²) < 4.78 is 6.07. The molecule has 0 aliphatic heterocycles. The number of ether oxygens (including phenoxy) is 1. The highest BCUT2D eigenvalue weighted by Gasteiger charge is 2.15. The van der Waals surface area contributed by atoms with E-state index in [4.69, 9.17) is 15.1 Å². The summed E-state index contributed by atoms with van der Waals surface area (Å²) in [5.41, 5.74) is -0.109.